The molecule has 3 aromatic rings. The van der Waals surface area contributed by atoms with E-state index in [0.717, 1.165) is 5.39 Å². The van der Waals surface area contributed by atoms with E-state index in [1.54, 1.807) is 49.9 Å². The zero-order valence-electron chi connectivity index (χ0n) is 11.9. The first kappa shape index (κ1) is 13.9. The van der Waals surface area contributed by atoms with Crippen molar-refractivity contribution in [1.82, 2.24) is 4.98 Å². The van der Waals surface area contributed by atoms with Crippen molar-refractivity contribution in [1.29, 1.82) is 0 Å². The van der Waals surface area contributed by atoms with Gasteiger partial charge < -0.3 is 14.5 Å². The minimum absolute atomic E-state index is 0.244. The van der Waals surface area contributed by atoms with Gasteiger partial charge in [-0.1, -0.05) is 0 Å². The summed E-state index contributed by atoms with van der Waals surface area (Å²) in [5.74, 6) is 1.04. The van der Waals surface area contributed by atoms with Crippen LogP contribution in [0.15, 0.2) is 59.4 Å². The Bertz CT molecular complexity index is 823. The van der Waals surface area contributed by atoms with E-state index in [0.29, 0.717) is 22.7 Å². The van der Waals surface area contributed by atoms with Crippen LogP contribution in [0.1, 0.15) is 5.76 Å². The van der Waals surface area contributed by atoms with Crippen molar-refractivity contribution >= 4 is 28.6 Å². The molecule has 5 heteroatoms. The number of anilines is 1. The molecule has 0 aliphatic rings. The van der Waals surface area contributed by atoms with Crippen molar-refractivity contribution in [3.05, 3.63) is 60.7 Å². The lowest BCUT2D eigenvalue weighted by Crippen LogP contribution is -2.08. The molecule has 5 nitrogen and oxygen atoms in total. The Morgan fingerprint density at radius 3 is 2.95 bits per heavy atom. The molecule has 0 fully saturated rings. The Balaban J connectivity index is 1.86. The molecule has 0 aliphatic heterocycles. The highest BCUT2D eigenvalue weighted by atomic mass is 16.5. The number of furan rings is 1. The average Bonchev–Trinajstić information content (AvgIpc) is 3.07. The number of aromatic nitrogens is 1. The third kappa shape index (κ3) is 2.83. The van der Waals surface area contributed by atoms with Gasteiger partial charge in [-0.05, 0) is 42.5 Å². The second-order valence-electron chi connectivity index (χ2n) is 4.55. The number of amides is 1. The molecule has 1 amide bonds. The van der Waals surface area contributed by atoms with E-state index >= 15 is 0 Å². The number of hydrogen-bond donors (Lipinski definition) is 1. The van der Waals surface area contributed by atoms with Gasteiger partial charge >= 0.3 is 0 Å². The van der Waals surface area contributed by atoms with Crippen LogP contribution in [-0.2, 0) is 4.79 Å². The van der Waals surface area contributed by atoms with Crippen LogP contribution in [0.5, 0.6) is 5.75 Å². The summed E-state index contributed by atoms with van der Waals surface area (Å²) in [5, 5.41) is 3.66. The number of nitrogens with zero attached hydrogens (tertiary/aromatic N) is 1. The molecule has 2 heterocycles. The van der Waals surface area contributed by atoms with Crippen LogP contribution < -0.4 is 10.1 Å². The number of methoxy groups -OCH3 is 1. The smallest absolute Gasteiger partial charge is 0.248 e. The molecule has 0 saturated heterocycles. The standard InChI is InChI=1S/C17H14N2O3/c1-21-15-8-7-14(13-5-2-10-18-17(13)15)19-16(20)9-6-12-4-3-11-22-12/h2-11H,1H3,(H,19,20). The number of pyridine rings is 1. The summed E-state index contributed by atoms with van der Waals surface area (Å²) >= 11 is 0. The fourth-order valence-corrected chi connectivity index (χ4v) is 2.14. The van der Waals surface area contributed by atoms with Crippen molar-refractivity contribution in [2.45, 2.75) is 0 Å². The minimum Gasteiger partial charge on any atom is -0.494 e. The zero-order valence-corrected chi connectivity index (χ0v) is 11.9. The summed E-state index contributed by atoms with van der Waals surface area (Å²) < 4.78 is 10.4. The maximum Gasteiger partial charge on any atom is 0.248 e. The number of fused-ring (bicyclic) bond motifs is 1. The van der Waals surface area contributed by atoms with Crippen LogP contribution in [0, 0.1) is 0 Å². The third-order valence-electron chi connectivity index (χ3n) is 3.15. The van der Waals surface area contributed by atoms with Crippen LogP contribution in [0.4, 0.5) is 5.69 Å². The van der Waals surface area contributed by atoms with Crippen LogP contribution in [-0.4, -0.2) is 18.0 Å². The maximum absolute atomic E-state index is 12.0. The van der Waals surface area contributed by atoms with E-state index in [4.69, 9.17) is 9.15 Å². The lowest BCUT2D eigenvalue weighted by atomic mass is 10.1. The summed E-state index contributed by atoms with van der Waals surface area (Å²) in [6.07, 6.45) is 6.28. The Morgan fingerprint density at radius 2 is 2.18 bits per heavy atom. The van der Waals surface area contributed by atoms with Gasteiger partial charge in [0.15, 0.2) is 0 Å². The first-order chi connectivity index (χ1) is 10.8. The van der Waals surface area contributed by atoms with Crippen LogP contribution in [0.3, 0.4) is 0 Å². The van der Waals surface area contributed by atoms with Crippen LogP contribution >= 0.6 is 0 Å². The molecule has 0 saturated carbocycles. The summed E-state index contributed by atoms with van der Waals surface area (Å²) in [4.78, 5) is 16.3. The Morgan fingerprint density at radius 1 is 1.27 bits per heavy atom. The van der Waals surface area contributed by atoms with Crippen molar-refractivity contribution in [3.63, 3.8) is 0 Å². The summed E-state index contributed by atoms with van der Waals surface area (Å²) in [6, 6.07) is 10.8. The molecule has 1 N–H and O–H groups in total. The fourth-order valence-electron chi connectivity index (χ4n) is 2.14. The molecule has 0 aliphatic carbocycles. The topological polar surface area (TPSA) is 64.4 Å². The number of benzene rings is 1. The van der Waals surface area contributed by atoms with Gasteiger partial charge in [-0.25, -0.2) is 0 Å². The molecule has 2 aromatic heterocycles. The summed E-state index contributed by atoms with van der Waals surface area (Å²) in [6.45, 7) is 0. The van der Waals surface area contributed by atoms with Crippen molar-refractivity contribution < 1.29 is 13.9 Å². The Hall–Kier alpha value is -3.08. The molecular weight excluding hydrogens is 280 g/mol. The number of rotatable bonds is 4. The largest absolute Gasteiger partial charge is 0.494 e. The molecule has 1 aromatic carbocycles. The molecular formula is C17H14N2O3. The van der Waals surface area contributed by atoms with Gasteiger partial charge in [-0.15, -0.1) is 0 Å². The fraction of sp³-hybridized carbons (Fsp3) is 0.0588. The first-order valence-electron chi connectivity index (χ1n) is 6.72. The average molecular weight is 294 g/mol. The SMILES string of the molecule is COc1ccc(NC(=O)C=Cc2ccco2)c2cccnc12. The van der Waals surface area contributed by atoms with E-state index in [1.807, 2.05) is 12.1 Å². The van der Waals surface area contributed by atoms with Crippen LogP contribution in [0.25, 0.3) is 17.0 Å². The molecule has 3 rings (SSSR count). The summed E-state index contributed by atoms with van der Waals surface area (Å²) in [7, 11) is 1.59. The molecule has 0 bridgehead atoms. The van der Waals surface area contributed by atoms with Gasteiger partial charge in [0, 0.05) is 17.7 Å². The van der Waals surface area contributed by atoms with Gasteiger partial charge in [0.05, 0.1) is 19.1 Å². The van der Waals surface area contributed by atoms with E-state index in [2.05, 4.69) is 10.3 Å². The monoisotopic (exact) mass is 294 g/mol. The van der Waals surface area contributed by atoms with Gasteiger partial charge in [0.1, 0.15) is 17.0 Å². The number of hydrogen-bond acceptors (Lipinski definition) is 4. The van der Waals surface area contributed by atoms with Crippen molar-refractivity contribution in [3.8, 4) is 5.75 Å². The second kappa shape index (κ2) is 6.13. The molecule has 0 unspecified atom stereocenters. The van der Waals surface area contributed by atoms with Gasteiger partial charge in [0.2, 0.25) is 5.91 Å². The number of ether oxygens (including phenoxy) is 1. The summed E-state index contributed by atoms with van der Waals surface area (Å²) in [5.41, 5.74) is 1.39. The second-order valence-corrected chi connectivity index (χ2v) is 4.55. The predicted molar refractivity (Wildman–Crippen MR) is 84.7 cm³/mol. The highest BCUT2D eigenvalue weighted by Crippen LogP contribution is 2.29. The Kier molecular flexibility index (Phi) is 3.87. The number of nitrogens with one attached hydrogen (secondary N) is 1. The normalized spacial score (nSPS) is 11.0. The molecule has 110 valence electrons. The lowest BCUT2D eigenvalue weighted by molar-refractivity contribution is -0.111. The number of carbonyl (C=O) groups excluding carboxylic acids is 1. The van der Waals surface area contributed by atoms with E-state index < -0.39 is 0 Å². The van der Waals surface area contributed by atoms with E-state index in [-0.39, 0.29) is 5.91 Å². The third-order valence-corrected chi connectivity index (χ3v) is 3.15. The number of carbonyl (C=O) groups is 1. The minimum atomic E-state index is -0.244. The predicted octanol–water partition coefficient (Wildman–Crippen LogP) is 3.49. The quantitative estimate of drug-likeness (QED) is 0.748. The van der Waals surface area contributed by atoms with Gasteiger partial charge in [-0.3, -0.25) is 9.78 Å². The molecule has 0 spiro atoms. The Labute approximate surface area is 127 Å². The molecule has 22 heavy (non-hydrogen) atoms. The van der Waals surface area contributed by atoms with Crippen molar-refractivity contribution in [2.75, 3.05) is 12.4 Å². The highest BCUT2D eigenvalue weighted by Gasteiger charge is 2.08. The lowest BCUT2D eigenvalue weighted by Gasteiger charge is -2.09. The van der Waals surface area contributed by atoms with Crippen LogP contribution in [0.2, 0.25) is 0 Å². The van der Waals surface area contributed by atoms with E-state index in [9.17, 15) is 4.79 Å². The van der Waals surface area contributed by atoms with Crippen molar-refractivity contribution in [2.24, 2.45) is 0 Å². The highest BCUT2D eigenvalue weighted by molar-refractivity contribution is 6.07. The molecule has 0 radical (unpaired) electrons. The van der Waals surface area contributed by atoms with Gasteiger partial charge in [0.25, 0.3) is 0 Å². The maximum atomic E-state index is 12.0. The first-order valence-corrected chi connectivity index (χ1v) is 6.72. The van der Waals surface area contributed by atoms with Gasteiger partial charge in [-0.2, -0.15) is 0 Å². The van der Waals surface area contributed by atoms with E-state index in [1.165, 1.54) is 6.08 Å². The molecule has 0 atom stereocenters. The zero-order chi connectivity index (χ0) is 15.4.